The van der Waals surface area contributed by atoms with Crippen LogP contribution in [0, 0.1) is 0 Å². The predicted molar refractivity (Wildman–Crippen MR) is 71.0 cm³/mol. The summed E-state index contributed by atoms with van der Waals surface area (Å²) in [6, 6.07) is 6.86. The maximum atomic E-state index is 11.2. The number of ether oxygens (including phenoxy) is 1. The van der Waals surface area contributed by atoms with Crippen molar-refractivity contribution in [2.24, 2.45) is 0 Å². The molecule has 94 valence electrons. The number of hydrogen-bond acceptors (Lipinski definition) is 3. The van der Waals surface area contributed by atoms with Crippen molar-refractivity contribution in [2.75, 3.05) is 18.5 Å². The number of aliphatic hydroxyl groups excluding tert-OH is 1. The average Bonchev–Trinajstić information content (AvgIpc) is 2.38. The van der Waals surface area contributed by atoms with E-state index in [0.29, 0.717) is 12.2 Å². The van der Waals surface area contributed by atoms with Crippen molar-refractivity contribution in [3.63, 3.8) is 0 Å². The monoisotopic (exact) mass is 300 g/mol. The summed E-state index contributed by atoms with van der Waals surface area (Å²) in [6.45, 7) is 0.243. The number of halogens is 1. The van der Waals surface area contributed by atoms with Crippen LogP contribution in [0.4, 0.5) is 0 Å². The Balaban J connectivity index is 2.33. The Morgan fingerprint density at radius 2 is 1.88 bits per heavy atom. The standard InChI is InChI=1S/C13H17BrO3/c14-8-2-1-3-9-17-12-6-4-11(5-7-12)13(16)10-15/h4-7,15H,1-3,8-10H2. The lowest BCUT2D eigenvalue weighted by molar-refractivity contribution is 0.0903. The Kier molecular flexibility index (Phi) is 6.89. The van der Waals surface area contributed by atoms with Gasteiger partial charge in [0.25, 0.3) is 0 Å². The third-order valence-corrected chi connectivity index (χ3v) is 2.93. The fraction of sp³-hybridized carbons (Fsp3) is 0.462. The van der Waals surface area contributed by atoms with Crippen LogP contribution in [-0.2, 0) is 0 Å². The largest absolute Gasteiger partial charge is 0.494 e. The zero-order valence-corrected chi connectivity index (χ0v) is 11.3. The van der Waals surface area contributed by atoms with Gasteiger partial charge in [-0.15, -0.1) is 0 Å². The van der Waals surface area contributed by atoms with Crippen molar-refractivity contribution < 1.29 is 14.6 Å². The van der Waals surface area contributed by atoms with E-state index >= 15 is 0 Å². The van der Waals surface area contributed by atoms with E-state index < -0.39 is 6.61 Å². The zero-order valence-electron chi connectivity index (χ0n) is 9.69. The molecule has 1 N–H and O–H groups in total. The Bertz CT molecular complexity index is 335. The van der Waals surface area contributed by atoms with Crippen LogP contribution in [0.25, 0.3) is 0 Å². The summed E-state index contributed by atoms with van der Waals surface area (Å²) in [5, 5.41) is 9.73. The van der Waals surface area contributed by atoms with E-state index in [1.54, 1.807) is 24.3 Å². The highest BCUT2D eigenvalue weighted by Gasteiger charge is 2.03. The number of alkyl halides is 1. The fourth-order valence-corrected chi connectivity index (χ4v) is 1.79. The van der Waals surface area contributed by atoms with Gasteiger partial charge in [-0.3, -0.25) is 4.79 Å². The number of ketones is 1. The molecule has 0 atom stereocenters. The van der Waals surface area contributed by atoms with Gasteiger partial charge >= 0.3 is 0 Å². The van der Waals surface area contributed by atoms with Gasteiger partial charge in [0.1, 0.15) is 12.4 Å². The Morgan fingerprint density at radius 3 is 2.47 bits per heavy atom. The number of rotatable bonds is 8. The van der Waals surface area contributed by atoms with Gasteiger partial charge < -0.3 is 9.84 Å². The molecule has 3 nitrogen and oxygen atoms in total. The van der Waals surface area contributed by atoms with Crippen molar-refractivity contribution in [3.8, 4) is 5.75 Å². The highest BCUT2D eigenvalue weighted by Crippen LogP contribution is 2.13. The van der Waals surface area contributed by atoms with Gasteiger partial charge in [-0.05, 0) is 43.5 Å². The van der Waals surface area contributed by atoms with E-state index in [2.05, 4.69) is 15.9 Å². The van der Waals surface area contributed by atoms with Gasteiger partial charge in [0.2, 0.25) is 0 Å². The number of unbranched alkanes of at least 4 members (excludes halogenated alkanes) is 2. The molecule has 0 radical (unpaired) electrons. The van der Waals surface area contributed by atoms with Gasteiger partial charge in [-0.1, -0.05) is 15.9 Å². The first kappa shape index (κ1) is 14.2. The molecule has 0 saturated heterocycles. The summed E-state index contributed by atoms with van der Waals surface area (Å²) >= 11 is 3.38. The second-order valence-electron chi connectivity index (χ2n) is 3.70. The maximum Gasteiger partial charge on any atom is 0.188 e. The van der Waals surface area contributed by atoms with Gasteiger partial charge in [-0.25, -0.2) is 0 Å². The van der Waals surface area contributed by atoms with Gasteiger partial charge in [-0.2, -0.15) is 0 Å². The molecule has 0 unspecified atom stereocenters. The van der Waals surface area contributed by atoms with Crippen molar-refractivity contribution in [2.45, 2.75) is 19.3 Å². The lowest BCUT2D eigenvalue weighted by atomic mass is 10.1. The first-order chi connectivity index (χ1) is 8.27. The first-order valence-corrected chi connectivity index (χ1v) is 6.83. The number of benzene rings is 1. The maximum absolute atomic E-state index is 11.2. The van der Waals surface area contributed by atoms with Crippen LogP contribution < -0.4 is 4.74 Å². The molecule has 0 aliphatic rings. The zero-order chi connectivity index (χ0) is 12.5. The number of hydrogen-bond donors (Lipinski definition) is 1. The minimum Gasteiger partial charge on any atom is -0.494 e. The lowest BCUT2D eigenvalue weighted by Crippen LogP contribution is -2.04. The first-order valence-electron chi connectivity index (χ1n) is 5.71. The molecular formula is C13H17BrO3. The van der Waals surface area contributed by atoms with E-state index in [1.807, 2.05) is 0 Å². The van der Waals surface area contributed by atoms with Crippen molar-refractivity contribution in [1.29, 1.82) is 0 Å². The van der Waals surface area contributed by atoms with Gasteiger partial charge in [0.15, 0.2) is 5.78 Å². The SMILES string of the molecule is O=C(CO)c1ccc(OCCCCCBr)cc1. The van der Waals surface area contributed by atoms with E-state index in [0.717, 1.165) is 30.3 Å². The van der Waals surface area contributed by atoms with Crippen molar-refractivity contribution in [1.82, 2.24) is 0 Å². The van der Waals surface area contributed by atoms with Crippen LogP contribution in [0.15, 0.2) is 24.3 Å². The van der Waals surface area contributed by atoms with E-state index in [1.165, 1.54) is 0 Å². The molecule has 0 fully saturated rings. The van der Waals surface area contributed by atoms with Crippen LogP contribution in [0.2, 0.25) is 0 Å². The number of carbonyl (C=O) groups is 1. The molecule has 0 spiro atoms. The third kappa shape index (κ3) is 5.33. The normalized spacial score (nSPS) is 10.2. The average molecular weight is 301 g/mol. The number of carbonyl (C=O) groups excluding carboxylic acids is 1. The van der Waals surface area contributed by atoms with Crippen LogP contribution in [-0.4, -0.2) is 29.4 Å². The molecule has 0 aromatic heterocycles. The molecular weight excluding hydrogens is 284 g/mol. The molecule has 17 heavy (non-hydrogen) atoms. The molecule has 1 aromatic rings. The highest BCUT2D eigenvalue weighted by atomic mass is 79.9. The minimum atomic E-state index is -0.452. The second kappa shape index (κ2) is 8.25. The van der Waals surface area contributed by atoms with E-state index in [4.69, 9.17) is 9.84 Å². The van der Waals surface area contributed by atoms with Crippen molar-refractivity contribution >= 4 is 21.7 Å². The molecule has 0 amide bonds. The van der Waals surface area contributed by atoms with Crippen LogP contribution >= 0.6 is 15.9 Å². The van der Waals surface area contributed by atoms with Gasteiger partial charge in [0.05, 0.1) is 6.61 Å². The fourth-order valence-electron chi connectivity index (χ4n) is 1.39. The lowest BCUT2D eigenvalue weighted by Gasteiger charge is -2.06. The molecule has 1 rings (SSSR count). The molecule has 4 heteroatoms. The number of Topliss-reactive ketones (excluding diaryl/α,β-unsaturated/α-hetero) is 1. The second-order valence-corrected chi connectivity index (χ2v) is 4.50. The third-order valence-electron chi connectivity index (χ3n) is 2.37. The van der Waals surface area contributed by atoms with E-state index in [-0.39, 0.29) is 5.78 Å². The van der Waals surface area contributed by atoms with Crippen LogP contribution in [0.3, 0.4) is 0 Å². The summed E-state index contributed by atoms with van der Waals surface area (Å²) in [7, 11) is 0. The summed E-state index contributed by atoms with van der Waals surface area (Å²) in [4.78, 5) is 11.2. The molecule has 0 bridgehead atoms. The predicted octanol–water partition coefficient (Wildman–Crippen LogP) is 2.81. The topological polar surface area (TPSA) is 46.5 Å². The molecule has 0 aliphatic heterocycles. The van der Waals surface area contributed by atoms with Gasteiger partial charge in [0, 0.05) is 10.9 Å². The Labute approximate surface area is 110 Å². The minimum absolute atomic E-state index is 0.270. The Hall–Kier alpha value is -0.870. The molecule has 1 aromatic carbocycles. The molecule has 0 aliphatic carbocycles. The quantitative estimate of drug-likeness (QED) is 0.456. The molecule has 0 saturated carbocycles. The number of aliphatic hydroxyl groups is 1. The summed E-state index contributed by atoms with van der Waals surface area (Å²) < 4.78 is 5.53. The van der Waals surface area contributed by atoms with Crippen LogP contribution in [0.5, 0.6) is 5.75 Å². The Morgan fingerprint density at radius 1 is 1.18 bits per heavy atom. The van der Waals surface area contributed by atoms with E-state index in [9.17, 15) is 4.79 Å². The summed E-state index contributed by atoms with van der Waals surface area (Å²) in [5.41, 5.74) is 0.513. The van der Waals surface area contributed by atoms with Crippen molar-refractivity contribution in [3.05, 3.63) is 29.8 Å². The summed E-state index contributed by atoms with van der Waals surface area (Å²) in [5.74, 6) is 0.493. The highest BCUT2D eigenvalue weighted by molar-refractivity contribution is 9.09. The summed E-state index contributed by atoms with van der Waals surface area (Å²) in [6.07, 6.45) is 3.34. The van der Waals surface area contributed by atoms with Crippen LogP contribution in [0.1, 0.15) is 29.6 Å². The smallest absolute Gasteiger partial charge is 0.188 e. The molecule has 0 heterocycles.